The van der Waals surface area contributed by atoms with E-state index in [1.165, 1.54) is 11.7 Å². The van der Waals surface area contributed by atoms with Gasteiger partial charge in [0.25, 0.3) is 0 Å². The molecule has 0 radical (unpaired) electrons. The highest BCUT2D eigenvalue weighted by molar-refractivity contribution is 6.99. The van der Waals surface area contributed by atoms with Crippen LogP contribution in [0.15, 0.2) is 6.20 Å². The highest BCUT2D eigenvalue weighted by Gasteiger charge is 1.91. The first-order valence-electron chi connectivity index (χ1n) is 2.94. The van der Waals surface area contributed by atoms with Crippen molar-refractivity contribution in [1.82, 2.24) is 8.75 Å². The van der Waals surface area contributed by atoms with Gasteiger partial charge in [-0.3, -0.25) is 0 Å². The maximum Gasteiger partial charge on any atom is 0.160 e. The van der Waals surface area contributed by atoms with Crippen molar-refractivity contribution in [3.8, 4) is 0 Å². The number of aromatic nitrogens is 2. The first kappa shape index (κ1) is 7.43. The van der Waals surface area contributed by atoms with E-state index in [0.29, 0.717) is 6.61 Å². The van der Waals surface area contributed by atoms with E-state index in [2.05, 4.69) is 14.1 Å². The molecule has 0 aliphatic rings. The van der Waals surface area contributed by atoms with Crippen molar-refractivity contribution in [2.45, 2.75) is 0 Å². The van der Waals surface area contributed by atoms with E-state index in [4.69, 9.17) is 4.74 Å². The van der Waals surface area contributed by atoms with Crippen molar-refractivity contribution in [3.63, 3.8) is 0 Å². The number of ether oxygens (including phenoxy) is 1. The van der Waals surface area contributed by atoms with E-state index >= 15 is 0 Å². The predicted molar refractivity (Wildman–Crippen MR) is 40.3 cm³/mol. The fourth-order valence-corrected chi connectivity index (χ4v) is 0.917. The van der Waals surface area contributed by atoms with Gasteiger partial charge in [0.1, 0.15) is 0 Å². The molecule has 0 bridgehead atoms. The molecule has 5 heteroatoms. The number of hydrogen-bond acceptors (Lipinski definition) is 5. The molecule has 0 atom stereocenters. The van der Waals surface area contributed by atoms with Crippen LogP contribution in [-0.2, 0) is 4.74 Å². The maximum absolute atomic E-state index is 4.83. The van der Waals surface area contributed by atoms with E-state index in [0.717, 1.165) is 12.4 Å². The number of nitrogens with one attached hydrogen (secondary N) is 1. The summed E-state index contributed by atoms with van der Waals surface area (Å²) in [5.41, 5.74) is 0. The SMILES string of the molecule is COCCNc1cnsn1. The molecular formula is C5H9N3OS. The largest absolute Gasteiger partial charge is 0.383 e. The quantitative estimate of drug-likeness (QED) is 0.653. The van der Waals surface area contributed by atoms with Crippen molar-refractivity contribution in [3.05, 3.63) is 6.20 Å². The summed E-state index contributed by atoms with van der Waals surface area (Å²) in [7, 11) is 1.67. The third-order valence-corrected chi connectivity index (χ3v) is 1.45. The normalized spacial score (nSPS) is 9.70. The summed E-state index contributed by atoms with van der Waals surface area (Å²) < 4.78 is 12.6. The van der Waals surface area contributed by atoms with Crippen LogP contribution in [0.5, 0.6) is 0 Å². The zero-order valence-electron chi connectivity index (χ0n) is 5.70. The Morgan fingerprint density at radius 3 is 3.30 bits per heavy atom. The zero-order valence-corrected chi connectivity index (χ0v) is 6.52. The molecule has 0 fully saturated rings. The second kappa shape index (κ2) is 4.19. The minimum Gasteiger partial charge on any atom is -0.383 e. The van der Waals surface area contributed by atoms with Crippen LogP contribution < -0.4 is 5.32 Å². The molecule has 56 valence electrons. The van der Waals surface area contributed by atoms with Gasteiger partial charge in [0, 0.05) is 13.7 Å². The number of anilines is 1. The van der Waals surface area contributed by atoms with Crippen LogP contribution in [0.4, 0.5) is 5.82 Å². The van der Waals surface area contributed by atoms with Gasteiger partial charge in [-0.15, -0.1) is 0 Å². The van der Waals surface area contributed by atoms with Crippen LogP contribution in [0.2, 0.25) is 0 Å². The fourth-order valence-electron chi connectivity index (χ4n) is 0.524. The van der Waals surface area contributed by atoms with Gasteiger partial charge < -0.3 is 10.1 Å². The Morgan fingerprint density at radius 2 is 2.70 bits per heavy atom. The molecule has 1 rings (SSSR count). The number of methoxy groups -OCH3 is 1. The topological polar surface area (TPSA) is 47.0 Å². The van der Waals surface area contributed by atoms with Crippen molar-refractivity contribution in [2.24, 2.45) is 0 Å². The highest BCUT2D eigenvalue weighted by atomic mass is 32.1. The Labute approximate surface area is 63.6 Å². The molecule has 1 aromatic heterocycles. The second-order valence-corrected chi connectivity index (χ2v) is 2.27. The lowest BCUT2D eigenvalue weighted by molar-refractivity contribution is 0.210. The van der Waals surface area contributed by atoms with Crippen molar-refractivity contribution in [1.29, 1.82) is 0 Å². The first-order chi connectivity index (χ1) is 4.93. The van der Waals surface area contributed by atoms with Gasteiger partial charge in [-0.1, -0.05) is 0 Å². The first-order valence-corrected chi connectivity index (χ1v) is 3.67. The number of rotatable bonds is 4. The molecule has 0 saturated heterocycles. The standard InChI is InChI=1S/C5H9N3OS/c1-9-3-2-6-5-4-7-10-8-5/h4H,2-3H2,1H3,(H,6,8). The van der Waals surface area contributed by atoms with Gasteiger partial charge in [0.15, 0.2) is 5.82 Å². The van der Waals surface area contributed by atoms with E-state index in [9.17, 15) is 0 Å². The molecule has 0 unspecified atom stereocenters. The molecule has 1 heterocycles. The Balaban J connectivity index is 2.15. The lowest BCUT2D eigenvalue weighted by Gasteiger charge is -1.98. The number of hydrogen-bond donors (Lipinski definition) is 1. The lowest BCUT2D eigenvalue weighted by Crippen LogP contribution is -2.07. The van der Waals surface area contributed by atoms with Crippen LogP contribution in [0.3, 0.4) is 0 Å². The van der Waals surface area contributed by atoms with Gasteiger partial charge in [0.05, 0.1) is 24.5 Å². The minimum atomic E-state index is 0.692. The predicted octanol–water partition coefficient (Wildman–Crippen LogP) is 0.596. The molecule has 0 amide bonds. The van der Waals surface area contributed by atoms with E-state index in [1.807, 2.05) is 0 Å². The Bertz CT molecular complexity index is 165. The van der Waals surface area contributed by atoms with Crippen molar-refractivity contribution < 1.29 is 4.74 Å². The molecule has 1 aromatic rings. The Kier molecular flexibility index (Phi) is 3.11. The zero-order chi connectivity index (χ0) is 7.23. The average molecular weight is 159 g/mol. The molecule has 4 nitrogen and oxygen atoms in total. The van der Waals surface area contributed by atoms with Crippen LogP contribution >= 0.6 is 11.7 Å². The van der Waals surface area contributed by atoms with Gasteiger partial charge in [0.2, 0.25) is 0 Å². The fraction of sp³-hybridized carbons (Fsp3) is 0.600. The molecule has 1 N–H and O–H groups in total. The Hall–Kier alpha value is -0.680. The average Bonchev–Trinajstić information content (AvgIpc) is 2.41. The van der Waals surface area contributed by atoms with Gasteiger partial charge in [-0.05, 0) is 0 Å². The second-order valence-electron chi connectivity index (χ2n) is 1.71. The lowest BCUT2D eigenvalue weighted by atomic mass is 10.6. The van der Waals surface area contributed by atoms with E-state index in [-0.39, 0.29) is 0 Å². The third kappa shape index (κ3) is 2.28. The van der Waals surface area contributed by atoms with Crippen LogP contribution in [0.25, 0.3) is 0 Å². The third-order valence-electron chi connectivity index (χ3n) is 0.974. The highest BCUT2D eigenvalue weighted by Crippen LogP contribution is 1.99. The number of nitrogens with zero attached hydrogens (tertiary/aromatic N) is 2. The van der Waals surface area contributed by atoms with Crippen LogP contribution in [0.1, 0.15) is 0 Å². The van der Waals surface area contributed by atoms with Crippen molar-refractivity contribution in [2.75, 3.05) is 25.6 Å². The van der Waals surface area contributed by atoms with Crippen LogP contribution in [-0.4, -0.2) is 29.0 Å². The molecular weight excluding hydrogens is 150 g/mol. The summed E-state index contributed by atoms with van der Waals surface area (Å²) in [6.07, 6.45) is 1.69. The smallest absolute Gasteiger partial charge is 0.160 e. The summed E-state index contributed by atoms with van der Waals surface area (Å²) in [6.45, 7) is 1.47. The van der Waals surface area contributed by atoms with E-state index < -0.39 is 0 Å². The molecule has 0 aliphatic heterocycles. The monoisotopic (exact) mass is 159 g/mol. The maximum atomic E-state index is 4.83. The van der Waals surface area contributed by atoms with Gasteiger partial charge in [-0.25, -0.2) is 0 Å². The van der Waals surface area contributed by atoms with Crippen LogP contribution in [0, 0.1) is 0 Å². The summed E-state index contributed by atoms with van der Waals surface area (Å²) in [5.74, 6) is 0.821. The molecule has 0 spiro atoms. The summed E-state index contributed by atoms with van der Waals surface area (Å²) in [4.78, 5) is 0. The Morgan fingerprint density at radius 1 is 1.80 bits per heavy atom. The van der Waals surface area contributed by atoms with Gasteiger partial charge >= 0.3 is 0 Å². The summed E-state index contributed by atoms with van der Waals surface area (Å²) in [5, 5.41) is 3.04. The summed E-state index contributed by atoms with van der Waals surface area (Å²) in [6, 6.07) is 0. The molecule has 0 aliphatic carbocycles. The minimum absolute atomic E-state index is 0.692. The van der Waals surface area contributed by atoms with E-state index in [1.54, 1.807) is 13.3 Å². The van der Waals surface area contributed by atoms with Gasteiger partial charge in [-0.2, -0.15) is 8.75 Å². The molecule has 10 heavy (non-hydrogen) atoms. The molecule has 0 aromatic carbocycles. The molecule has 0 saturated carbocycles. The van der Waals surface area contributed by atoms with Crippen molar-refractivity contribution >= 4 is 17.5 Å². The summed E-state index contributed by atoms with van der Waals surface area (Å²) >= 11 is 1.19.